The average molecular weight is 287 g/mol. The largest absolute Gasteiger partial charge is 0.355 e. The molecule has 2 N–H and O–H groups in total. The molecule has 1 atom stereocenters. The molecule has 2 aliphatic heterocycles. The highest BCUT2D eigenvalue weighted by Gasteiger charge is 2.21. The first-order valence-electron chi connectivity index (χ1n) is 8.10. The molecular weight excluding hydrogens is 262 g/mol. The van der Waals surface area contributed by atoms with Crippen molar-refractivity contribution < 1.29 is 4.79 Å². The molecule has 1 aromatic rings. The van der Waals surface area contributed by atoms with E-state index in [9.17, 15) is 4.79 Å². The van der Waals surface area contributed by atoms with Crippen LogP contribution in [0.15, 0.2) is 24.3 Å². The maximum absolute atomic E-state index is 12.1. The van der Waals surface area contributed by atoms with Crippen LogP contribution in [0.5, 0.6) is 0 Å². The lowest BCUT2D eigenvalue weighted by Gasteiger charge is -2.29. The summed E-state index contributed by atoms with van der Waals surface area (Å²) in [4.78, 5) is 14.5. The number of nitrogens with one attached hydrogen (secondary N) is 2. The van der Waals surface area contributed by atoms with Gasteiger partial charge in [-0.05, 0) is 36.9 Å². The van der Waals surface area contributed by atoms with E-state index >= 15 is 0 Å². The first kappa shape index (κ1) is 14.5. The summed E-state index contributed by atoms with van der Waals surface area (Å²) in [6.07, 6.45) is 3.26. The molecule has 4 heteroatoms. The molecule has 0 radical (unpaired) electrons. The third-order valence-electron chi connectivity index (χ3n) is 4.60. The molecule has 2 heterocycles. The Morgan fingerprint density at radius 3 is 3.00 bits per heavy atom. The Bertz CT molecular complexity index is 483. The van der Waals surface area contributed by atoms with Gasteiger partial charge in [-0.2, -0.15) is 0 Å². The SMILES string of the molecule is O=C(NCCN1CCc2ccccc2C1)C1CCCNC1. The van der Waals surface area contributed by atoms with Gasteiger partial charge in [0.15, 0.2) is 0 Å². The minimum atomic E-state index is 0.167. The molecule has 21 heavy (non-hydrogen) atoms. The van der Waals surface area contributed by atoms with E-state index in [1.54, 1.807) is 0 Å². The van der Waals surface area contributed by atoms with Gasteiger partial charge in [0.05, 0.1) is 5.92 Å². The third-order valence-corrected chi connectivity index (χ3v) is 4.60. The summed E-state index contributed by atoms with van der Waals surface area (Å²) in [6.45, 7) is 5.70. The van der Waals surface area contributed by atoms with Crippen LogP contribution in [0.2, 0.25) is 0 Å². The second kappa shape index (κ2) is 7.05. The fraction of sp³-hybridized carbons (Fsp3) is 0.588. The topological polar surface area (TPSA) is 44.4 Å². The number of hydrogen-bond donors (Lipinski definition) is 2. The van der Waals surface area contributed by atoms with Gasteiger partial charge in [0.2, 0.25) is 5.91 Å². The van der Waals surface area contributed by atoms with Crippen molar-refractivity contribution in [3.05, 3.63) is 35.4 Å². The fourth-order valence-corrected chi connectivity index (χ4v) is 3.30. The first-order valence-corrected chi connectivity index (χ1v) is 8.10. The lowest BCUT2D eigenvalue weighted by atomic mass is 9.99. The van der Waals surface area contributed by atoms with Crippen LogP contribution in [-0.2, 0) is 17.8 Å². The van der Waals surface area contributed by atoms with Gasteiger partial charge in [0, 0.05) is 32.7 Å². The summed E-state index contributed by atoms with van der Waals surface area (Å²) < 4.78 is 0. The number of carbonyl (C=O) groups is 1. The highest BCUT2D eigenvalue weighted by molar-refractivity contribution is 5.78. The van der Waals surface area contributed by atoms with E-state index in [4.69, 9.17) is 0 Å². The maximum Gasteiger partial charge on any atom is 0.224 e. The summed E-state index contributed by atoms with van der Waals surface area (Å²) in [5, 5.41) is 6.40. The molecule has 1 unspecified atom stereocenters. The van der Waals surface area contributed by atoms with E-state index < -0.39 is 0 Å². The van der Waals surface area contributed by atoms with Crippen molar-refractivity contribution >= 4 is 5.91 Å². The van der Waals surface area contributed by atoms with Crippen molar-refractivity contribution in [3.63, 3.8) is 0 Å². The van der Waals surface area contributed by atoms with Crippen LogP contribution in [0.25, 0.3) is 0 Å². The van der Waals surface area contributed by atoms with Crippen molar-refractivity contribution in [2.24, 2.45) is 5.92 Å². The van der Waals surface area contributed by atoms with Crippen LogP contribution in [0, 0.1) is 5.92 Å². The lowest BCUT2D eigenvalue weighted by molar-refractivity contribution is -0.125. The zero-order valence-corrected chi connectivity index (χ0v) is 12.6. The predicted molar refractivity (Wildman–Crippen MR) is 84.0 cm³/mol. The van der Waals surface area contributed by atoms with E-state index in [1.165, 1.54) is 11.1 Å². The van der Waals surface area contributed by atoms with Crippen LogP contribution >= 0.6 is 0 Å². The number of amides is 1. The van der Waals surface area contributed by atoms with Gasteiger partial charge in [-0.25, -0.2) is 0 Å². The quantitative estimate of drug-likeness (QED) is 0.873. The monoisotopic (exact) mass is 287 g/mol. The summed E-state index contributed by atoms with van der Waals surface area (Å²) in [5.74, 6) is 0.389. The molecular formula is C17H25N3O. The number of rotatable bonds is 4. The smallest absolute Gasteiger partial charge is 0.224 e. The third kappa shape index (κ3) is 3.83. The molecule has 1 amide bonds. The summed E-state index contributed by atoms with van der Waals surface area (Å²) in [7, 11) is 0. The number of fused-ring (bicyclic) bond motifs is 1. The average Bonchev–Trinajstić information content (AvgIpc) is 2.55. The predicted octanol–water partition coefficient (Wildman–Crippen LogP) is 1.16. The standard InChI is InChI=1S/C17H25N3O/c21-17(15-6-3-8-18-12-15)19-9-11-20-10-7-14-4-1-2-5-16(14)13-20/h1-2,4-5,15,18H,3,6-13H2,(H,19,21). The molecule has 1 saturated heterocycles. The summed E-state index contributed by atoms with van der Waals surface area (Å²) in [5.41, 5.74) is 2.91. The Morgan fingerprint density at radius 1 is 1.33 bits per heavy atom. The number of nitrogens with zero attached hydrogens (tertiary/aromatic N) is 1. The van der Waals surface area contributed by atoms with Crippen molar-refractivity contribution in [1.82, 2.24) is 15.5 Å². The number of carbonyl (C=O) groups excluding carboxylic acids is 1. The number of piperidine rings is 1. The van der Waals surface area contributed by atoms with Crippen LogP contribution in [-0.4, -0.2) is 43.5 Å². The van der Waals surface area contributed by atoms with Crippen LogP contribution < -0.4 is 10.6 Å². The minimum Gasteiger partial charge on any atom is -0.355 e. The van der Waals surface area contributed by atoms with Gasteiger partial charge < -0.3 is 10.6 Å². The van der Waals surface area contributed by atoms with Crippen molar-refractivity contribution in [2.45, 2.75) is 25.8 Å². The summed E-state index contributed by atoms with van der Waals surface area (Å²) >= 11 is 0. The second-order valence-corrected chi connectivity index (χ2v) is 6.13. The summed E-state index contributed by atoms with van der Waals surface area (Å²) in [6, 6.07) is 8.67. The molecule has 3 rings (SSSR count). The Balaban J connectivity index is 1.41. The molecule has 114 valence electrons. The van der Waals surface area contributed by atoms with Crippen molar-refractivity contribution in [2.75, 3.05) is 32.7 Å². The van der Waals surface area contributed by atoms with E-state index in [0.717, 1.165) is 58.5 Å². The van der Waals surface area contributed by atoms with Crippen LogP contribution in [0.3, 0.4) is 0 Å². The highest BCUT2D eigenvalue weighted by Crippen LogP contribution is 2.17. The van der Waals surface area contributed by atoms with Crippen LogP contribution in [0.1, 0.15) is 24.0 Å². The van der Waals surface area contributed by atoms with E-state index in [-0.39, 0.29) is 11.8 Å². The zero-order valence-electron chi connectivity index (χ0n) is 12.6. The fourth-order valence-electron chi connectivity index (χ4n) is 3.30. The molecule has 1 fully saturated rings. The minimum absolute atomic E-state index is 0.167. The van der Waals surface area contributed by atoms with Gasteiger partial charge in [-0.15, -0.1) is 0 Å². The molecule has 0 aliphatic carbocycles. The molecule has 4 nitrogen and oxygen atoms in total. The van der Waals surface area contributed by atoms with Crippen molar-refractivity contribution in [1.29, 1.82) is 0 Å². The lowest BCUT2D eigenvalue weighted by Crippen LogP contribution is -2.43. The van der Waals surface area contributed by atoms with Gasteiger partial charge in [-0.3, -0.25) is 9.69 Å². The molecule has 2 aliphatic rings. The van der Waals surface area contributed by atoms with Gasteiger partial charge in [-0.1, -0.05) is 24.3 Å². The highest BCUT2D eigenvalue weighted by atomic mass is 16.1. The zero-order chi connectivity index (χ0) is 14.5. The molecule has 0 saturated carbocycles. The molecule has 0 bridgehead atoms. The van der Waals surface area contributed by atoms with Gasteiger partial charge >= 0.3 is 0 Å². The first-order chi connectivity index (χ1) is 10.3. The maximum atomic E-state index is 12.1. The molecule has 1 aromatic carbocycles. The Kier molecular flexibility index (Phi) is 4.88. The Labute approximate surface area is 126 Å². The van der Waals surface area contributed by atoms with Gasteiger partial charge in [0.25, 0.3) is 0 Å². The van der Waals surface area contributed by atoms with E-state index in [0.29, 0.717) is 0 Å². The van der Waals surface area contributed by atoms with Crippen LogP contribution in [0.4, 0.5) is 0 Å². The number of benzene rings is 1. The Hall–Kier alpha value is -1.39. The van der Waals surface area contributed by atoms with E-state index in [1.807, 2.05) is 0 Å². The second-order valence-electron chi connectivity index (χ2n) is 6.13. The van der Waals surface area contributed by atoms with E-state index in [2.05, 4.69) is 39.8 Å². The van der Waals surface area contributed by atoms with Crippen molar-refractivity contribution in [3.8, 4) is 0 Å². The molecule has 0 aromatic heterocycles. The van der Waals surface area contributed by atoms with Gasteiger partial charge in [0.1, 0.15) is 0 Å². The normalized spacial score (nSPS) is 22.6. The number of hydrogen-bond acceptors (Lipinski definition) is 3. The Morgan fingerprint density at radius 2 is 2.19 bits per heavy atom. The molecule has 0 spiro atoms.